The van der Waals surface area contributed by atoms with E-state index < -0.39 is 5.97 Å². The van der Waals surface area contributed by atoms with E-state index in [0.717, 1.165) is 22.2 Å². The van der Waals surface area contributed by atoms with Crippen LogP contribution in [0, 0.1) is 0 Å². The van der Waals surface area contributed by atoms with E-state index in [4.69, 9.17) is 4.74 Å². The SMILES string of the molecule is CC.COc1ccc(C(C)C)c2c1cc(C(=O)O)n2Cc1ccccn1. The van der Waals surface area contributed by atoms with Gasteiger partial charge in [-0.15, -0.1) is 0 Å². The van der Waals surface area contributed by atoms with E-state index in [0.29, 0.717) is 12.3 Å². The maximum atomic E-state index is 11.8. The molecule has 3 rings (SSSR count). The zero-order valence-corrected chi connectivity index (χ0v) is 16.0. The molecule has 0 amide bonds. The Labute approximate surface area is 154 Å². The molecule has 1 aromatic carbocycles. The number of aromatic carboxylic acids is 1. The minimum absolute atomic E-state index is 0.238. The van der Waals surface area contributed by atoms with Crippen molar-refractivity contribution in [1.29, 1.82) is 0 Å². The van der Waals surface area contributed by atoms with E-state index in [9.17, 15) is 9.90 Å². The molecule has 0 atom stereocenters. The minimum Gasteiger partial charge on any atom is -0.496 e. The summed E-state index contributed by atoms with van der Waals surface area (Å²) >= 11 is 0. The van der Waals surface area contributed by atoms with Crippen LogP contribution in [0.15, 0.2) is 42.6 Å². The van der Waals surface area contributed by atoms with Gasteiger partial charge in [-0.2, -0.15) is 0 Å². The third kappa shape index (κ3) is 3.72. The molecule has 26 heavy (non-hydrogen) atoms. The summed E-state index contributed by atoms with van der Waals surface area (Å²) in [7, 11) is 1.60. The molecule has 0 unspecified atom stereocenters. The number of carbonyl (C=O) groups is 1. The van der Waals surface area contributed by atoms with Crippen LogP contribution in [0.5, 0.6) is 5.75 Å². The van der Waals surface area contributed by atoms with Crippen LogP contribution in [-0.2, 0) is 6.54 Å². The van der Waals surface area contributed by atoms with E-state index in [1.165, 1.54) is 0 Å². The van der Waals surface area contributed by atoms with Crippen LogP contribution < -0.4 is 4.74 Å². The van der Waals surface area contributed by atoms with Crippen molar-refractivity contribution < 1.29 is 14.6 Å². The van der Waals surface area contributed by atoms with Crippen molar-refractivity contribution in [3.8, 4) is 5.75 Å². The summed E-state index contributed by atoms with van der Waals surface area (Å²) in [4.78, 5) is 16.1. The largest absolute Gasteiger partial charge is 0.496 e. The number of fused-ring (bicyclic) bond motifs is 1. The maximum absolute atomic E-state index is 11.8. The lowest BCUT2D eigenvalue weighted by Gasteiger charge is -2.15. The van der Waals surface area contributed by atoms with Gasteiger partial charge in [-0.25, -0.2) is 4.79 Å². The first-order valence-corrected chi connectivity index (χ1v) is 8.86. The number of ether oxygens (including phenoxy) is 1. The smallest absolute Gasteiger partial charge is 0.352 e. The number of pyridine rings is 1. The average molecular weight is 354 g/mol. The first kappa shape index (κ1) is 19.5. The molecule has 2 aromatic heterocycles. The molecule has 5 heteroatoms. The fourth-order valence-corrected chi connectivity index (χ4v) is 3.02. The summed E-state index contributed by atoms with van der Waals surface area (Å²) in [6, 6.07) is 11.2. The van der Waals surface area contributed by atoms with Crippen molar-refractivity contribution in [3.05, 3.63) is 59.5 Å². The van der Waals surface area contributed by atoms with Crippen molar-refractivity contribution in [2.75, 3.05) is 7.11 Å². The van der Waals surface area contributed by atoms with Gasteiger partial charge in [-0.05, 0) is 35.7 Å². The van der Waals surface area contributed by atoms with Gasteiger partial charge in [0.25, 0.3) is 0 Å². The number of nitrogens with zero attached hydrogens (tertiary/aromatic N) is 2. The van der Waals surface area contributed by atoms with Crippen LogP contribution in [-0.4, -0.2) is 27.7 Å². The highest BCUT2D eigenvalue weighted by atomic mass is 16.5. The van der Waals surface area contributed by atoms with E-state index >= 15 is 0 Å². The lowest BCUT2D eigenvalue weighted by Crippen LogP contribution is -2.11. The predicted octanol–water partition coefficient (Wildman–Crippen LogP) is 4.94. The Morgan fingerprint density at radius 2 is 1.96 bits per heavy atom. The van der Waals surface area contributed by atoms with Crippen molar-refractivity contribution in [2.24, 2.45) is 0 Å². The molecule has 5 nitrogen and oxygen atoms in total. The van der Waals surface area contributed by atoms with E-state index in [-0.39, 0.29) is 11.6 Å². The van der Waals surface area contributed by atoms with Crippen LogP contribution in [0.4, 0.5) is 0 Å². The second-order valence-corrected chi connectivity index (χ2v) is 6.02. The first-order valence-electron chi connectivity index (χ1n) is 8.86. The zero-order chi connectivity index (χ0) is 19.3. The highest BCUT2D eigenvalue weighted by Gasteiger charge is 2.21. The second-order valence-electron chi connectivity index (χ2n) is 6.02. The Kier molecular flexibility index (Phi) is 6.39. The first-order chi connectivity index (χ1) is 12.5. The van der Waals surface area contributed by atoms with Crippen LogP contribution in [0.1, 0.15) is 55.4 Å². The third-order valence-corrected chi connectivity index (χ3v) is 4.16. The fraction of sp³-hybridized carbons (Fsp3) is 0.333. The molecule has 0 saturated heterocycles. The van der Waals surface area contributed by atoms with Gasteiger partial charge in [0.05, 0.1) is 24.9 Å². The molecule has 0 spiro atoms. The van der Waals surface area contributed by atoms with Gasteiger partial charge >= 0.3 is 5.97 Å². The summed E-state index contributed by atoms with van der Waals surface area (Å²) in [5, 5.41) is 10.5. The summed E-state index contributed by atoms with van der Waals surface area (Å²) in [5.41, 5.74) is 3.04. The summed E-state index contributed by atoms with van der Waals surface area (Å²) < 4.78 is 7.26. The Morgan fingerprint density at radius 3 is 2.50 bits per heavy atom. The van der Waals surface area contributed by atoms with Crippen LogP contribution in [0.3, 0.4) is 0 Å². The molecular weight excluding hydrogens is 328 g/mol. The summed E-state index contributed by atoms with van der Waals surface area (Å²) in [6.07, 6.45) is 1.71. The summed E-state index contributed by atoms with van der Waals surface area (Å²) in [5.74, 6) is -0.0204. The van der Waals surface area contributed by atoms with Crippen molar-refractivity contribution in [3.63, 3.8) is 0 Å². The summed E-state index contributed by atoms with van der Waals surface area (Å²) in [6.45, 7) is 8.60. The van der Waals surface area contributed by atoms with Gasteiger partial charge in [0.15, 0.2) is 0 Å². The van der Waals surface area contributed by atoms with Crippen molar-refractivity contribution in [2.45, 2.75) is 40.2 Å². The minimum atomic E-state index is -0.959. The molecule has 0 aliphatic carbocycles. The van der Waals surface area contributed by atoms with E-state index in [1.807, 2.05) is 48.7 Å². The van der Waals surface area contributed by atoms with Crippen LogP contribution in [0.25, 0.3) is 10.9 Å². The van der Waals surface area contributed by atoms with Crippen LogP contribution >= 0.6 is 0 Å². The van der Waals surface area contributed by atoms with E-state index in [2.05, 4.69) is 18.8 Å². The Hall–Kier alpha value is -2.82. The monoisotopic (exact) mass is 354 g/mol. The van der Waals surface area contributed by atoms with Crippen LogP contribution in [0.2, 0.25) is 0 Å². The lowest BCUT2D eigenvalue weighted by molar-refractivity contribution is 0.0686. The topological polar surface area (TPSA) is 64.3 Å². The highest BCUT2D eigenvalue weighted by molar-refractivity contribution is 5.98. The van der Waals surface area contributed by atoms with Gasteiger partial charge < -0.3 is 14.4 Å². The molecule has 0 bridgehead atoms. The molecule has 0 fully saturated rings. The number of hydrogen-bond acceptors (Lipinski definition) is 3. The number of benzene rings is 1. The standard InChI is InChI=1S/C19H20N2O3.C2H6/c1-12(2)14-7-8-17(24-3)15-10-16(19(22)23)21(18(14)15)11-13-6-4-5-9-20-13;1-2/h4-10,12H,11H2,1-3H3,(H,22,23);1-2H3. The molecule has 0 saturated carbocycles. The second kappa shape index (κ2) is 8.52. The number of aromatic nitrogens is 2. The van der Waals surface area contributed by atoms with Crippen molar-refractivity contribution in [1.82, 2.24) is 9.55 Å². The number of carboxylic acid groups (broad SMARTS) is 1. The Balaban J connectivity index is 0.00000117. The van der Waals surface area contributed by atoms with Crippen molar-refractivity contribution >= 4 is 16.9 Å². The van der Waals surface area contributed by atoms with Gasteiger partial charge in [0, 0.05) is 11.6 Å². The molecule has 0 aliphatic rings. The number of carboxylic acids is 1. The normalized spacial score (nSPS) is 10.5. The molecule has 1 N–H and O–H groups in total. The number of methoxy groups -OCH3 is 1. The fourth-order valence-electron chi connectivity index (χ4n) is 3.02. The quantitative estimate of drug-likeness (QED) is 0.705. The molecular formula is C21H26N2O3. The zero-order valence-electron chi connectivity index (χ0n) is 16.0. The predicted molar refractivity (Wildman–Crippen MR) is 104 cm³/mol. The number of hydrogen-bond donors (Lipinski definition) is 1. The average Bonchev–Trinajstić information content (AvgIpc) is 3.03. The Bertz CT molecular complexity index is 883. The highest BCUT2D eigenvalue weighted by Crippen LogP contribution is 2.35. The third-order valence-electron chi connectivity index (χ3n) is 4.16. The lowest BCUT2D eigenvalue weighted by atomic mass is 10.00. The molecule has 0 radical (unpaired) electrons. The molecule has 0 aliphatic heterocycles. The Morgan fingerprint density at radius 1 is 1.23 bits per heavy atom. The molecule has 3 aromatic rings. The van der Waals surface area contributed by atoms with Gasteiger partial charge in [0.1, 0.15) is 11.4 Å². The van der Waals surface area contributed by atoms with Gasteiger partial charge in [-0.1, -0.05) is 39.8 Å². The van der Waals surface area contributed by atoms with E-state index in [1.54, 1.807) is 19.4 Å². The molecule has 138 valence electrons. The van der Waals surface area contributed by atoms with Gasteiger partial charge in [-0.3, -0.25) is 4.98 Å². The van der Waals surface area contributed by atoms with Gasteiger partial charge in [0.2, 0.25) is 0 Å². The number of rotatable bonds is 5. The maximum Gasteiger partial charge on any atom is 0.352 e. The molecule has 2 heterocycles.